The molecular weight excluding hydrogens is 232 g/mol. The number of piperidine rings is 2. The van der Waals surface area contributed by atoms with Gasteiger partial charge in [0, 0.05) is 26.0 Å². The molecule has 0 aromatic heterocycles. The van der Waals surface area contributed by atoms with Crippen molar-refractivity contribution in [1.29, 1.82) is 0 Å². The number of amides is 2. The monoisotopic (exact) mass is 254 g/mol. The Morgan fingerprint density at radius 1 is 1.17 bits per heavy atom. The fourth-order valence-corrected chi connectivity index (χ4v) is 2.48. The zero-order chi connectivity index (χ0) is 12.8. The molecule has 0 saturated carbocycles. The number of nitrogens with one attached hydrogen (secondary N) is 1. The summed E-state index contributed by atoms with van der Waals surface area (Å²) in [4.78, 5) is 24.5. The SMILES string of the molecule is O=C1CCCC(=O)N1CCCOC1CCNCC1. The van der Waals surface area contributed by atoms with Crippen molar-refractivity contribution in [3.63, 3.8) is 0 Å². The second kappa shape index (κ2) is 6.85. The molecule has 0 spiro atoms. The molecule has 2 amide bonds. The fourth-order valence-electron chi connectivity index (χ4n) is 2.48. The second-order valence-corrected chi connectivity index (χ2v) is 4.97. The lowest BCUT2D eigenvalue weighted by atomic mass is 10.1. The van der Waals surface area contributed by atoms with Crippen LogP contribution in [0.3, 0.4) is 0 Å². The number of carbonyl (C=O) groups excluding carboxylic acids is 2. The summed E-state index contributed by atoms with van der Waals surface area (Å²) < 4.78 is 5.76. The zero-order valence-electron chi connectivity index (χ0n) is 10.8. The van der Waals surface area contributed by atoms with Gasteiger partial charge in [0.05, 0.1) is 6.10 Å². The minimum Gasteiger partial charge on any atom is -0.378 e. The molecule has 0 aromatic carbocycles. The highest BCUT2D eigenvalue weighted by Crippen LogP contribution is 2.13. The van der Waals surface area contributed by atoms with Crippen LogP contribution in [0.4, 0.5) is 0 Å². The van der Waals surface area contributed by atoms with Gasteiger partial charge in [0.2, 0.25) is 11.8 Å². The predicted octanol–water partition coefficient (Wildman–Crippen LogP) is 0.684. The number of likely N-dealkylation sites (tertiary alicyclic amines) is 1. The maximum atomic E-state index is 11.6. The molecule has 0 bridgehead atoms. The highest BCUT2D eigenvalue weighted by molar-refractivity contribution is 5.97. The molecule has 1 N–H and O–H groups in total. The summed E-state index contributed by atoms with van der Waals surface area (Å²) in [5, 5.41) is 3.29. The summed E-state index contributed by atoms with van der Waals surface area (Å²) in [6, 6.07) is 0. The van der Waals surface area contributed by atoms with Crippen molar-refractivity contribution < 1.29 is 14.3 Å². The molecule has 2 aliphatic heterocycles. The van der Waals surface area contributed by atoms with Crippen molar-refractivity contribution in [2.45, 2.75) is 44.6 Å². The first-order chi connectivity index (χ1) is 8.77. The highest BCUT2D eigenvalue weighted by atomic mass is 16.5. The minimum atomic E-state index is -0.0203. The van der Waals surface area contributed by atoms with Gasteiger partial charge < -0.3 is 10.1 Å². The van der Waals surface area contributed by atoms with Crippen LogP contribution >= 0.6 is 0 Å². The first-order valence-corrected chi connectivity index (χ1v) is 6.93. The molecular formula is C13H22N2O3. The van der Waals surface area contributed by atoms with Crippen LogP contribution in [0.1, 0.15) is 38.5 Å². The number of nitrogens with zero attached hydrogens (tertiary/aromatic N) is 1. The second-order valence-electron chi connectivity index (χ2n) is 4.97. The number of hydrogen-bond acceptors (Lipinski definition) is 4. The van der Waals surface area contributed by atoms with Crippen LogP contribution in [-0.2, 0) is 14.3 Å². The standard InChI is InChI=1S/C13H22N2O3/c16-12-3-1-4-13(17)15(12)9-2-10-18-11-5-7-14-8-6-11/h11,14H,1-10H2. The lowest BCUT2D eigenvalue weighted by Gasteiger charge is -2.26. The van der Waals surface area contributed by atoms with Gasteiger partial charge in [-0.3, -0.25) is 14.5 Å². The third-order valence-corrected chi connectivity index (χ3v) is 3.55. The van der Waals surface area contributed by atoms with Crippen LogP contribution in [0, 0.1) is 0 Å². The maximum absolute atomic E-state index is 11.6. The van der Waals surface area contributed by atoms with E-state index in [-0.39, 0.29) is 11.8 Å². The summed E-state index contributed by atoms with van der Waals surface area (Å²) in [7, 11) is 0. The van der Waals surface area contributed by atoms with Crippen molar-refractivity contribution >= 4 is 11.8 Å². The molecule has 2 rings (SSSR count). The molecule has 2 aliphatic rings. The van der Waals surface area contributed by atoms with E-state index in [4.69, 9.17) is 4.74 Å². The van der Waals surface area contributed by atoms with Crippen LogP contribution in [0.2, 0.25) is 0 Å². The van der Waals surface area contributed by atoms with E-state index < -0.39 is 0 Å². The van der Waals surface area contributed by atoms with Crippen LogP contribution in [0.15, 0.2) is 0 Å². The quantitative estimate of drug-likeness (QED) is 0.579. The number of hydrogen-bond donors (Lipinski definition) is 1. The van der Waals surface area contributed by atoms with E-state index in [0.717, 1.165) is 32.4 Å². The van der Waals surface area contributed by atoms with E-state index in [0.29, 0.717) is 38.5 Å². The Kier molecular flexibility index (Phi) is 5.13. The molecule has 0 aliphatic carbocycles. The average molecular weight is 254 g/mol. The number of ether oxygens (including phenoxy) is 1. The van der Waals surface area contributed by atoms with Crippen molar-refractivity contribution in [2.24, 2.45) is 0 Å². The molecule has 102 valence electrons. The van der Waals surface area contributed by atoms with Crippen LogP contribution in [-0.4, -0.2) is 49.1 Å². The van der Waals surface area contributed by atoms with Gasteiger partial charge in [-0.2, -0.15) is 0 Å². The lowest BCUT2D eigenvalue weighted by Crippen LogP contribution is -2.41. The van der Waals surface area contributed by atoms with Crippen LogP contribution in [0.25, 0.3) is 0 Å². The first kappa shape index (κ1) is 13.5. The molecule has 0 unspecified atom stereocenters. The predicted molar refractivity (Wildman–Crippen MR) is 67.0 cm³/mol. The van der Waals surface area contributed by atoms with Gasteiger partial charge in [0.25, 0.3) is 0 Å². The smallest absolute Gasteiger partial charge is 0.229 e. The third-order valence-electron chi connectivity index (χ3n) is 3.55. The summed E-state index contributed by atoms with van der Waals surface area (Å²) in [6.07, 6.45) is 4.95. The van der Waals surface area contributed by atoms with Crippen molar-refractivity contribution in [1.82, 2.24) is 10.2 Å². The summed E-state index contributed by atoms with van der Waals surface area (Å²) >= 11 is 0. The maximum Gasteiger partial charge on any atom is 0.229 e. The zero-order valence-corrected chi connectivity index (χ0v) is 10.8. The molecule has 2 fully saturated rings. The summed E-state index contributed by atoms with van der Waals surface area (Å²) in [5.41, 5.74) is 0. The Morgan fingerprint density at radius 2 is 1.83 bits per heavy atom. The molecule has 5 heteroatoms. The van der Waals surface area contributed by atoms with Crippen LogP contribution in [0.5, 0.6) is 0 Å². The number of carbonyl (C=O) groups is 2. The number of imide groups is 1. The average Bonchev–Trinajstić information content (AvgIpc) is 2.38. The van der Waals surface area contributed by atoms with E-state index in [1.807, 2.05) is 0 Å². The van der Waals surface area contributed by atoms with Gasteiger partial charge in [0.1, 0.15) is 0 Å². The largest absolute Gasteiger partial charge is 0.378 e. The van der Waals surface area contributed by atoms with Crippen molar-refractivity contribution in [3.8, 4) is 0 Å². The van der Waals surface area contributed by atoms with Crippen molar-refractivity contribution in [3.05, 3.63) is 0 Å². The van der Waals surface area contributed by atoms with Gasteiger partial charge >= 0.3 is 0 Å². The van der Waals surface area contributed by atoms with E-state index in [1.165, 1.54) is 4.90 Å². The Morgan fingerprint density at radius 3 is 2.50 bits per heavy atom. The van der Waals surface area contributed by atoms with Gasteiger partial charge in [-0.15, -0.1) is 0 Å². The summed E-state index contributed by atoms with van der Waals surface area (Å²) in [5.74, 6) is -0.0405. The molecule has 18 heavy (non-hydrogen) atoms. The molecule has 2 heterocycles. The van der Waals surface area contributed by atoms with E-state index in [9.17, 15) is 9.59 Å². The van der Waals surface area contributed by atoms with E-state index in [1.54, 1.807) is 0 Å². The minimum absolute atomic E-state index is 0.0203. The Bertz CT molecular complexity index is 285. The Labute approximate surface area is 108 Å². The normalized spacial score (nSPS) is 22.6. The van der Waals surface area contributed by atoms with Crippen LogP contribution < -0.4 is 5.32 Å². The highest BCUT2D eigenvalue weighted by Gasteiger charge is 2.25. The third kappa shape index (κ3) is 3.78. The molecule has 0 radical (unpaired) electrons. The Hall–Kier alpha value is -0.940. The fraction of sp³-hybridized carbons (Fsp3) is 0.846. The van der Waals surface area contributed by atoms with Gasteiger partial charge in [0.15, 0.2) is 0 Å². The van der Waals surface area contributed by atoms with Gasteiger partial charge in [-0.05, 0) is 38.8 Å². The van der Waals surface area contributed by atoms with Gasteiger partial charge in [-0.1, -0.05) is 0 Å². The Balaban J connectivity index is 1.62. The summed E-state index contributed by atoms with van der Waals surface area (Å²) in [6.45, 7) is 3.20. The topological polar surface area (TPSA) is 58.6 Å². The molecule has 0 aromatic rings. The van der Waals surface area contributed by atoms with E-state index in [2.05, 4.69) is 5.32 Å². The molecule has 5 nitrogen and oxygen atoms in total. The number of rotatable bonds is 5. The molecule has 2 saturated heterocycles. The van der Waals surface area contributed by atoms with E-state index >= 15 is 0 Å². The van der Waals surface area contributed by atoms with Crippen molar-refractivity contribution in [2.75, 3.05) is 26.2 Å². The first-order valence-electron chi connectivity index (χ1n) is 6.93. The lowest BCUT2D eigenvalue weighted by molar-refractivity contribution is -0.148. The molecule has 0 atom stereocenters. The van der Waals surface area contributed by atoms with Gasteiger partial charge in [-0.25, -0.2) is 0 Å².